The SMILES string of the molecule is Cc1cc(Oc2ccnc3cc(OC[C@H](O)CN4CCCC4)c(C#N)cc23)ccc1NC(=O)NC1CC1. The number of ether oxygens (including phenoxy) is 2. The number of benzene rings is 2. The van der Waals surface area contributed by atoms with E-state index in [0.29, 0.717) is 45.9 Å². The first-order valence-corrected chi connectivity index (χ1v) is 12.7. The van der Waals surface area contributed by atoms with Crippen LogP contribution in [0.4, 0.5) is 10.5 Å². The summed E-state index contributed by atoms with van der Waals surface area (Å²) in [6, 6.07) is 12.9. The zero-order valence-electron chi connectivity index (χ0n) is 20.9. The monoisotopic (exact) mass is 501 g/mol. The molecular formula is C28H31N5O4. The number of rotatable bonds is 9. The minimum Gasteiger partial charge on any atom is -0.489 e. The normalized spacial score (nSPS) is 16.2. The van der Waals surface area contributed by atoms with Gasteiger partial charge in [0.15, 0.2) is 0 Å². The van der Waals surface area contributed by atoms with Gasteiger partial charge in [0.1, 0.15) is 36.0 Å². The molecule has 2 aliphatic rings. The van der Waals surface area contributed by atoms with Crippen molar-refractivity contribution in [2.45, 2.75) is 44.8 Å². The molecule has 5 rings (SSSR count). The van der Waals surface area contributed by atoms with Gasteiger partial charge in [-0.1, -0.05) is 0 Å². The zero-order valence-corrected chi connectivity index (χ0v) is 20.9. The number of hydrogen-bond acceptors (Lipinski definition) is 7. The fraction of sp³-hybridized carbons (Fsp3) is 0.393. The summed E-state index contributed by atoms with van der Waals surface area (Å²) in [5.41, 5.74) is 2.54. The molecule has 0 unspecified atom stereocenters. The molecule has 1 aliphatic carbocycles. The van der Waals surface area contributed by atoms with Crippen LogP contribution < -0.4 is 20.1 Å². The number of aliphatic hydroxyl groups excluding tert-OH is 1. The highest BCUT2D eigenvalue weighted by molar-refractivity contribution is 5.91. The maximum absolute atomic E-state index is 12.1. The summed E-state index contributed by atoms with van der Waals surface area (Å²) in [6.45, 7) is 4.56. The van der Waals surface area contributed by atoms with Crippen LogP contribution in [-0.4, -0.2) is 59.4 Å². The standard InChI is InChI=1S/C28H31N5O4/c1-18-12-22(6-7-24(18)32-28(35)31-20-4-5-20)37-26-8-9-30-25-14-27(19(15-29)13-23(25)26)36-17-21(34)16-33-10-2-3-11-33/h6-9,12-14,20-21,34H,2-5,10-11,16-17H2,1H3,(H2,31,32,35)/t21-/m1/s1. The number of carbonyl (C=O) groups excluding carboxylic acids is 1. The Labute approximate surface area is 216 Å². The number of carbonyl (C=O) groups is 1. The predicted molar refractivity (Wildman–Crippen MR) is 140 cm³/mol. The molecule has 1 atom stereocenters. The highest BCUT2D eigenvalue weighted by atomic mass is 16.5. The highest BCUT2D eigenvalue weighted by Crippen LogP contribution is 2.34. The van der Waals surface area contributed by atoms with Gasteiger partial charge in [-0.15, -0.1) is 0 Å². The van der Waals surface area contributed by atoms with Crippen molar-refractivity contribution in [3.8, 4) is 23.3 Å². The Balaban J connectivity index is 1.29. The predicted octanol–water partition coefficient (Wildman–Crippen LogP) is 4.33. The number of nitriles is 1. The van der Waals surface area contributed by atoms with E-state index in [1.54, 1.807) is 36.5 Å². The second kappa shape index (κ2) is 11.0. The van der Waals surface area contributed by atoms with Gasteiger partial charge >= 0.3 is 6.03 Å². The van der Waals surface area contributed by atoms with Gasteiger partial charge in [0.05, 0.1) is 11.1 Å². The van der Waals surface area contributed by atoms with Crippen LogP contribution in [0.2, 0.25) is 0 Å². The van der Waals surface area contributed by atoms with Crippen LogP contribution in [-0.2, 0) is 0 Å². The lowest BCUT2D eigenvalue weighted by Gasteiger charge is -2.20. The highest BCUT2D eigenvalue weighted by Gasteiger charge is 2.23. The molecule has 1 saturated heterocycles. The molecule has 3 N–H and O–H groups in total. The first-order valence-electron chi connectivity index (χ1n) is 12.7. The van der Waals surface area contributed by atoms with Crippen LogP contribution in [0.1, 0.15) is 36.8 Å². The second-order valence-corrected chi connectivity index (χ2v) is 9.71. The van der Waals surface area contributed by atoms with E-state index in [-0.39, 0.29) is 18.7 Å². The van der Waals surface area contributed by atoms with Crippen LogP contribution in [0.3, 0.4) is 0 Å². The number of aryl methyl sites for hydroxylation is 1. The smallest absolute Gasteiger partial charge is 0.319 e. The number of hydrogen-bond donors (Lipinski definition) is 3. The Kier molecular flexibility index (Phi) is 7.40. The fourth-order valence-corrected chi connectivity index (χ4v) is 4.48. The summed E-state index contributed by atoms with van der Waals surface area (Å²) >= 11 is 0. The van der Waals surface area contributed by atoms with Crippen LogP contribution in [0.25, 0.3) is 10.9 Å². The van der Waals surface area contributed by atoms with Crippen molar-refractivity contribution in [3.05, 3.63) is 53.7 Å². The molecule has 1 aliphatic heterocycles. The Morgan fingerprint density at radius 1 is 1.22 bits per heavy atom. The first kappa shape index (κ1) is 24.8. The number of aliphatic hydroxyl groups is 1. The third-order valence-corrected chi connectivity index (χ3v) is 6.61. The first-order chi connectivity index (χ1) is 18.0. The van der Waals surface area contributed by atoms with Crippen molar-refractivity contribution in [3.63, 3.8) is 0 Å². The minimum absolute atomic E-state index is 0.102. The quantitative estimate of drug-likeness (QED) is 0.399. The van der Waals surface area contributed by atoms with Gasteiger partial charge in [-0.3, -0.25) is 4.98 Å². The molecule has 2 heterocycles. The Bertz CT molecular complexity index is 1330. The maximum Gasteiger partial charge on any atom is 0.319 e. The number of amides is 2. The molecule has 3 aromatic rings. The molecule has 2 fully saturated rings. The van der Waals surface area contributed by atoms with Gasteiger partial charge in [-0.25, -0.2) is 4.79 Å². The molecule has 2 aromatic carbocycles. The molecule has 0 bridgehead atoms. The number of pyridine rings is 1. The molecular weight excluding hydrogens is 470 g/mol. The van der Waals surface area contributed by atoms with E-state index in [2.05, 4.69) is 26.6 Å². The van der Waals surface area contributed by atoms with E-state index in [4.69, 9.17) is 9.47 Å². The largest absolute Gasteiger partial charge is 0.489 e. The van der Waals surface area contributed by atoms with Crippen LogP contribution in [0, 0.1) is 18.3 Å². The second-order valence-electron chi connectivity index (χ2n) is 9.71. The van der Waals surface area contributed by atoms with Gasteiger partial charge in [-0.05, 0) is 81.6 Å². The van der Waals surface area contributed by atoms with Crippen molar-refractivity contribution < 1.29 is 19.4 Å². The molecule has 2 amide bonds. The summed E-state index contributed by atoms with van der Waals surface area (Å²) in [5, 5.41) is 26.6. The third-order valence-electron chi connectivity index (χ3n) is 6.61. The number of nitrogens with one attached hydrogen (secondary N) is 2. The van der Waals surface area contributed by atoms with Crippen molar-refractivity contribution in [1.29, 1.82) is 5.26 Å². The number of urea groups is 1. The van der Waals surface area contributed by atoms with E-state index in [1.165, 1.54) is 0 Å². The van der Waals surface area contributed by atoms with Gasteiger partial charge < -0.3 is 30.1 Å². The summed E-state index contributed by atoms with van der Waals surface area (Å²) in [5.74, 6) is 1.53. The van der Waals surface area contributed by atoms with E-state index in [0.717, 1.165) is 44.3 Å². The Morgan fingerprint density at radius 2 is 2.03 bits per heavy atom. The maximum atomic E-state index is 12.1. The van der Waals surface area contributed by atoms with Gasteiger partial charge in [-0.2, -0.15) is 5.26 Å². The number of likely N-dealkylation sites (tertiary alicyclic amines) is 1. The van der Waals surface area contributed by atoms with Crippen molar-refractivity contribution in [2.24, 2.45) is 0 Å². The van der Waals surface area contributed by atoms with Crippen LogP contribution in [0.5, 0.6) is 17.2 Å². The zero-order chi connectivity index (χ0) is 25.8. The van der Waals surface area contributed by atoms with Crippen LogP contribution in [0.15, 0.2) is 42.6 Å². The number of β-amino-alcohol motifs (C(OH)–C–C–N with tert-alkyl or cyclic N) is 1. The van der Waals surface area contributed by atoms with Crippen molar-refractivity contribution in [1.82, 2.24) is 15.2 Å². The molecule has 9 nitrogen and oxygen atoms in total. The van der Waals surface area contributed by atoms with E-state index >= 15 is 0 Å². The topological polar surface area (TPSA) is 120 Å². The van der Waals surface area contributed by atoms with Gasteiger partial charge in [0, 0.05) is 35.9 Å². The van der Waals surface area contributed by atoms with Crippen molar-refractivity contribution in [2.75, 3.05) is 31.6 Å². The van der Waals surface area contributed by atoms with E-state index < -0.39 is 6.10 Å². The van der Waals surface area contributed by atoms with Gasteiger partial charge in [0.25, 0.3) is 0 Å². The fourth-order valence-electron chi connectivity index (χ4n) is 4.48. The summed E-state index contributed by atoms with van der Waals surface area (Å²) in [7, 11) is 0. The van der Waals surface area contributed by atoms with E-state index in [1.807, 2.05) is 13.0 Å². The number of aromatic nitrogens is 1. The average molecular weight is 502 g/mol. The van der Waals surface area contributed by atoms with Crippen LogP contribution >= 0.6 is 0 Å². The summed E-state index contributed by atoms with van der Waals surface area (Å²) in [6.07, 6.45) is 5.38. The lowest BCUT2D eigenvalue weighted by atomic mass is 10.1. The molecule has 192 valence electrons. The Morgan fingerprint density at radius 3 is 2.76 bits per heavy atom. The lowest BCUT2D eigenvalue weighted by Crippen LogP contribution is -2.33. The third kappa shape index (κ3) is 6.28. The number of anilines is 1. The molecule has 9 heteroatoms. The van der Waals surface area contributed by atoms with Gasteiger partial charge in [0.2, 0.25) is 0 Å². The molecule has 1 aromatic heterocycles. The number of fused-ring (bicyclic) bond motifs is 1. The molecule has 0 spiro atoms. The van der Waals surface area contributed by atoms with Crippen molar-refractivity contribution >= 4 is 22.6 Å². The average Bonchev–Trinajstić information content (AvgIpc) is 3.55. The summed E-state index contributed by atoms with van der Waals surface area (Å²) < 4.78 is 12.0. The molecule has 0 radical (unpaired) electrons. The summed E-state index contributed by atoms with van der Waals surface area (Å²) in [4.78, 5) is 18.7. The lowest BCUT2D eigenvalue weighted by molar-refractivity contribution is 0.0758. The molecule has 37 heavy (non-hydrogen) atoms. The Hall–Kier alpha value is -3.87. The number of nitrogens with zero attached hydrogens (tertiary/aromatic N) is 3. The molecule has 1 saturated carbocycles. The minimum atomic E-state index is -0.636. The van der Waals surface area contributed by atoms with E-state index in [9.17, 15) is 15.2 Å².